The van der Waals surface area contributed by atoms with Gasteiger partial charge < -0.3 is 9.47 Å². The molecule has 0 bridgehead atoms. The third kappa shape index (κ3) is 4.29. The predicted molar refractivity (Wildman–Crippen MR) is 88.1 cm³/mol. The van der Waals surface area contributed by atoms with Crippen molar-refractivity contribution in [2.75, 3.05) is 12.4 Å². The third-order valence-corrected chi connectivity index (χ3v) is 4.15. The lowest BCUT2D eigenvalue weighted by molar-refractivity contribution is -0.122. The number of benzene rings is 1. The van der Waals surface area contributed by atoms with Crippen molar-refractivity contribution in [2.24, 2.45) is 0 Å². The number of nitrogens with zero attached hydrogens (tertiary/aromatic N) is 1. The van der Waals surface area contributed by atoms with E-state index in [9.17, 15) is 9.59 Å². The van der Waals surface area contributed by atoms with Gasteiger partial charge in [0.1, 0.15) is 10.6 Å². The first kappa shape index (κ1) is 17.0. The molecular weight excluding hydrogens is 316 g/mol. The Morgan fingerprint density at radius 1 is 1.22 bits per heavy atom. The van der Waals surface area contributed by atoms with Crippen molar-refractivity contribution < 1.29 is 19.1 Å². The molecule has 0 fully saturated rings. The zero-order valence-electron chi connectivity index (χ0n) is 13.4. The maximum atomic E-state index is 12.2. The highest BCUT2D eigenvalue weighted by Gasteiger charge is 2.20. The van der Waals surface area contributed by atoms with Gasteiger partial charge in [-0.05, 0) is 32.9 Å². The van der Waals surface area contributed by atoms with Gasteiger partial charge in [-0.25, -0.2) is 9.78 Å². The Hall–Kier alpha value is -2.41. The summed E-state index contributed by atoms with van der Waals surface area (Å²) in [6.45, 7) is 5.31. The first-order chi connectivity index (χ1) is 10.9. The van der Waals surface area contributed by atoms with Crippen molar-refractivity contribution in [2.45, 2.75) is 26.9 Å². The van der Waals surface area contributed by atoms with Gasteiger partial charge in [-0.1, -0.05) is 29.0 Å². The molecule has 1 amide bonds. The number of hydrogen-bond acceptors (Lipinski definition) is 6. The molecule has 1 heterocycles. The summed E-state index contributed by atoms with van der Waals surface area (Å²) in [4.78, 5) is 28.2. The van der Waals surface area contributed by atoms with Crippen LogP contribution in [0.1, 0.15) is 27.9 Å². The molecule has 0 spiro atoms. The van der Waals surface area contributed by atoms with E-state index in [1.807, 2.05) is 31.2 Å². The second-order valence-corrected chi connectivity index (χ2v) is 5.99. The van der Waals surface area contributed by atoms with Crippen LogP contribution in [0.5, 0.6) is 5.75 Å². The molecule has 23 heavy (non-hydrogen) atoms. The van der Waals surface area contributed by atoms with E-state index in [2.05, 4.69) is 15.0 Å². The monoisotopic (exact) mass is 334 g/mol. The van der Waals surface area contributed by atoms with Crippen molar-refractivity contribution in [3.05, 3.63) is 40.4 Å². The van der Waals surface area contributed by atoms with Gasteiger partial charge in [-0.15, -0.1) is 0 Å². The Labute approximate surface area is 138 Å². The number of esters is 1. The lowest BCUT2D eigenvalue weighted by Crippen LogP contribution is -2.30. The minimum atomic E-state index is -0.691. The first-order valence-corrected chi connectivity index (χ1v) is 7.82. The maximum absolute atomic E-state index is 12.2. The fourth-order valence-electron chi connectivity index (χ4n) is 1.81. The molecule has 7 heteroatoms. The van der Waals surface area contributed by atoms with Gasteiger partial charge in [0.05, 0.1) is 12.8 Å². The number of anilines is 1. The van der Waals surface area contributed by atoms with Crippen molar-refractivity contribution in [3.8, 4) is 5.75 Å². The Kier molecular flexibility index (Phi) is 5.33. The van der Waals surface area contributed by atoms with Crippen LogP contribution in [-0.2, 0) is 9.53 Å². The topological polar surface area (TPSA) is 77.5 Å². The van der Waals surface area contributed by atoms with Crippen LogP contribution in [-0.4, -0.2) is 30.1 Å². The van der Waals surface area contributed by atoms with E-state index in [1.54, 1.807) is 13.8 Å². The number of carbonyl (C=O) groups is 2. The number of ether oxygens (including phenoxy) is 2. The van der Waals surface area contributed by atoms with E-state index in [4.69, 9.17) is 4.74 Å². The Bertz CT molecular complexity index is 709. The zero-order valence-corrected chi connectivity index (χ0v) is 14.2. The van der Waals surface area contributed by atoms with Crippen molar-refractivity contribution in [1.82, 2.24) is 4.98 Å². The van der Waals surface area contributed by atoms with Crippen molar-refractivity contribution in [3.63, 3.8) is 0 Å². The quantitative estimate of drug-likeness (QED) is 0.851. The lowest BCUT2D eigenvalue weighted by atomic mass is 10.2. The molecule has 1 aromatic heterocycles. The number of rotatable bonds is 5. The minimum absolute atomic E-state index is 0.337. The highest BCUT2D eigenvalue weighted by atomic mass is 32.1. The van der Waals surface area contributed by atoms with Crippen LogP contribution in [0.2, 0.25) is 0 Å². The van der Waals surface area contributed by atoms with E-state index in [0.29, 0.717) is 21.5 Å². The Morgan fingerprint density at radius 3 is 2.48 bits per heavy atom. The Balaban J connectivity index is 2.01. The summed E-state index contributed by atoms with van der Waals surface area (Å²) in [5, 5.41) is 2.99. The average molecular weight is 334 g/mol. The molecule has 1 aromatic carbocycles. The summed E-state index contributed by atoms with van der Waals surface area (Å²) in [6, 6.07) is 7.43. The van der Waals surface area contributed by atoms with Crippen LogP contribution >= 0.6 is 11.3 Å². The highest BCUT2D eigenvalue weighted by Crippen LogP contribution is 2.23. The van der Waals surface area contributed by atoms with Gasteiger partial charge in [0.15, 0.2) is 11.2 Å². The molecule has 0 radical (unpaired) electrons. The second-order valence-electron chi connectivity index (χ2n) is 4.99. The summed E-state index contributed by atoms with van der Waals surface area (Å²) < 4.78 is 10.2. The summed E-state index contributed by atoms with van der Waals surface area (Å²) in [7, 11) is 1.30. The van der Waals surface area contributed by atoms with Crippen LogP contribution in [0.3, 0.4) is 0 Å². The van der Waals surface area contributed by atoms with Gasteiger partial charge in [0.25, 0.3) is 5.91 Å². The molecule has 0 aliphatic rings. The zero-order chi connectivity index (χ0) is 17.0. The molecule has 0 aliphatic carbocycles. The van der Waals surface area contributed by atoms with Crippen LogP contribution < -0.4 is 10.1 Å². The van der Waals surface area contributed by atoms with Gasteiger partial charge in [-0.2, -0.15) is 0 Å². The second kappa shape index (κ2) is 7.23. The summed E-state index contributed by atoms with van der Waals surface area (Å²) in [5.41, 5.74) is 1.63. The normalized spacial score (nSPS) is 11.7. The fourth-order valence-corrected chi connectivity index (χ4v) is 2.70. The molecule has 0 saturated carbocycles. The molecule has 0 unspecified atom stereocenters. The Morgan fingerprint density at radius 2 is 1.87 bits per heavy atom. The van der Waals surface area contributed by atoms with Crippen LogP contribution in [0, 0.1) is 13.8 Å². The number of nitrogens with one attached hydrogen (secondary N) is 1. The molecule has 1 N–H and O–H groups in total. The van der Waals surface area contributed by atoms with E-state index < -0.39 is 12.1 Å². The molecule has 0 aliphatic heterocycles. The number of amides is 1. The highest BCUT2D eigenvalue weighted by molar-refractivity contribution is 7.17. The van der Waals surface area contributed by atoms with Crippen LogP contribution in [0.25, 0.3) is 0 Å². The fraction of sp³-hybridized carbons (Fsp3) is 0.312. The van der Waals surface area contributed by atoms with Crippen LogP contribution in [0.15, 0.2) is 24.3 Å². The maximum Gasteiger partial charge on any atom is 0.350 e. The number of hydrogen-bond donors (Lipinski definition) is 1. The van der Waals surface area contributed by atoms with Gasteiger partial charge in [0.2, 0.25) is 0 Å². The van der Waals surface area contributed by atoms with Gasteiger partial charge >= 0.3 is 5.97 Å². The van der Waals surface area contributed by atoms with E-state index in [1.165, 1.54) is 7.11 Å². The summed E-state index contributed by atoms with van der Waals surface area (Å²) in [5.74, 6) is -0.191. The molecule has 0 saturated heterocycles. The van der Waals surface area contributed by atoms with E-state index >= 15 is 0 Å². The molecule has 2 aromatic rings. The largest absolute Gasteiger partial charge is 0.481 e. The molecule has 1 atom stereocenters. The number of methoxy groups -OCH3 is 1. The molecule has 2 rings (SSSR count). The van der Waals surface area contributed by atoms with Gasteiger partial charge in [-0.3, -0.25) is 10.1 Å². The number of thiazole rings is 1. The van der Waals surface area contributed by atoms with Crippen LogP contribution in [0.4, 0.5) is 5.13 Å². The molecular formula is C16H18N2O4S. The SMILES string of the molecule is COC(=O)c1sc(NC(=O)[C@@H](C)Oc2ccc(C)cc2)nc1C. The van der Waals surface area contributed by atoms with E-state index in [0.717, 1.165) is 16.9 Å². The minimum Gasteiger partial charge on any atom is -0.481 e. The predicted octanol–water partition coefficient (Wildman–Crippen LogP) is 2.95. The third-order valence-electron chi connectivity index (χ3n) is 3.10. The standard InChI is InChI=1S/C16H18N2O4S/c1-9-5-7-12(8-6-9)22-11(3)14(19)18-16-17-10(2)13(23-16)15(20)21-4/h5-8,11H,1-4H3,(H,17,18,19)/t11-/m1/s1. The van der Waals surface area contributed by atoms with Crippen molar-refractivity contribution in [1.29, 1.82) is 0 Å². The lowest BCUT2D eigenvalue weighted by Gasteiger charge is -2.13. The average Bonchev–Trinajstić information content (AvgIpc) is 2.89. The first-order valence-electron chi connectivity index (χ1n) is 7.00. The van der Waals surface area contributed by atoms with Gasteiger partial charge in [0, 0.05) is 0 Å². The smallest absolute Gasteiger partial charge is 0.350 e. The van der Waals surface area contributed by atoms with Crippen molar-refractivity contribution >= 4 is 28.3 Å². The number of aromatic nitrogens is 1. The summed E-state index contributed by atoms with van der Waals surface area (Å²) >= 11 is 1.07. The number of aryl methyl sites for hydroxylation is 2. The molecule has 6 nitrogen and oxygen atoms in total. The molecule has 122 valence electrons. The summed E-state index contributed by atoms with van der Waals surface area (Å²) in [6.07, 6.45) is -0.691. The van der Waals surface area contributed by atoms with E-state index in [-0.39, 0.29) is 5.91 Å². The number of carbonyl (C=O) groups excluding carboxylic acids is 2.